The van der Waals surface area contributed by atoms with Crippen LogP contribution in [0.3, 0.4) is 0 Å². The fourth-order valence-corrected chi connectivity index (χ4v) is 1.86. The Morgan fingerprint density at radius 1 is 1.20 bits per heavy atom. The smallest absolute Gasteiger partial charge is 0.139 e. The first-order valence-corrected chi connectivity index (χ1v) is 6.99. The quantitative estimate of drug-likeness (QED) is 0.847. The number of rotatable bonds is 6. The van der Waals surface area contributed by atoms with Crippen molar-refractivity contribution < 1.29 is 14.2 Å². The van der Waals surface area contributed by atoms with Crippen LogP contribution in [-0.4, -0.2) is 24.4 Å². The van der Waals surface area contributed by atoms with E-state index in [1.54, 1.807) is 12.1 Å². The maximum absolute atomic E-state index is 13.3. The number of hydrogen-bond donors (Lipinski definition) is 2. The predicted octanol–water partition coefficient (Wildman–Crippen LogP) is 3.44. The minimum absolute atomic E-state index is 0.177. The summed E-state index contributed by atoms with van der Waals surface area (Å²) in [6.07, 6.45) is -0.679. The molecule has 1 atom stereocenters. The third-order valence-corrected chi connectivity index (χ3v) is 3.29. The minimum Gasteiger partial charge on any atom is -0.491 e. The van der Waals surface area contributed by atoms with Crippen molar-refractivity contribution >= 4 is 21.6 Å². The van der Waals surface area contributed by atoms with Crippen LogP contribution in [0.5, 0.6) is 5.75 Å². The van der Waals surface area contributed by atoms with Gasteiger partial charge in [-0.2, -0.15) is 0 Å². The molecule has 0 aliphatic rings. The van der Waals surface area contributed by atoms with Gasteiger partial charge in [0.05, 0.1) is 4.47 Å². The van der Waals surface area contributed by atoms with Gasteiger partial charge in [0, 0.05) is 12.2 Å². The molecule has 2 aromatic carbocycles. The van der Waals surface area contributed by atoms with Crippen LogP contribution < -0.4 is 10.1 Å². The van der Waals surface area contributed by atoms with Gasteiger partial charge in [0.2, 0.25) is 0 Å². The van der Waals surface area contributed by atoms with E-state index >= 15 is 0 Å². The monoisotopic (exact) mass is 339 g/mol. The number of benzene rings is 2. The van der Waals surface area contributed by atoms with E-state index in [0.29, 0.717) is 15.9 Å². The highest BCUT2D eigenvalue weighted by Crippen LogP contribution is 2.19. The van der Waals surface area contributed by atoms with Crippen LogP contribution in [-0.2, 0) is 0 Å². The summed E-state index contributed by atoms with van der Waals surface area (Å²) in [5.74, 6) is 0.367. The van der Waals surface area contributed by atoms with E-state index in [0.717, 1.165) is 0 Å². The molecule has 0 heterocycles. The molecule has 0 aliphatic heterocycles. The van der Waals surface area contributed by atoms with E-state index in [1.807, 2.05) is 30.3 Å². The normalized spacial score (nSPS) is 11.9. The third-order valence-electron chi connectivity index (χ3n) is 2.65. The molecule has 2 N–H and O–H groups in total. The number of ether oxygens (including phenoxy) is 1. The molecule has 0 amide bonds. The lowest BCUT2D eigenvalue weighted by molar-refractivity contribution is 0.117. The molecule has 0 saturated heterocycles. The van der Waals surface area contributed by atoms with Gasteiger partial charge in [-0.1, -0.05) is 18.2 Å². The molecule has 3 nitrogen and oxygen atoms in total. The Balaban J connectivity index is 1.77. The largest absolute Gasteiger partial charge is 0.491 e. The van der Waals surface area contributed by atoms with Crippen molar-refractivity contribution in [3.05, 3.63) is 58.8 Å². The molecule has 0 saturated carbocycles. The SMILES string of the molecule is OC(CNc1ccc(Br)c(F)c1)COc1ccccc1. The topological polar surface area (TPSA) is 41.5 Å². The fourth-order valence-electron chi connectivity index (χ4n) is 1.61. The molecule has 0 radical (unpaired) electrons. The van der Waals surface area contributed by atoms with Gasteiger partial charge < -0.3 is 15.2 Å². The Morgan fingerprint density at radius 2 is 1.95 bits per heavy atom. The van der Waals surface area contributed by atoms with Crippen LogP contribution in [0, 0.1) is 5.82 Å². The second-order valence-electron chi connectivity index (χ2n) is 4.29. The Kier molecular flexibility index (Phi) is 5.38. The maximum atomic E-state index is 13.3. The number of aliphatic hydroxyl groups excluding tert-OH is 1. The average molecular weight is 340 g/mol. The lowest BCUT2D eigenvalue weighted by Crippen LogP contribution is -2.26. The summed E-state index contributed by atoms with van der Waals surface area (Å²) >= 11 is 3.09. The van der Waals surface area contributed by atoms with E-state index in [2.05, 4.69) is 21.2 Å². The number of para-hydroxylation sites is 1. The molecule has 0 spiro atoms. The summed E-state index contributed by atoms with van der Waals surface area (Å²) in [6.45, 7) is 0.462. The van der Waals surface area contributed by atoms with Gasteiger partial charge in [0.25, 0.3) is 0 Å². The highest BCUT2D eigenvalue weighted by molar-refractivity contribution is 9.10. The first-order valence-electron chi connectivity index (χ1n) is 6.20. The van der Waals surface area contributed by atoms with Gasteiger partial charge in [0.1, 0.15) is 24.3 Å². The number of nitrogens with one attached hydrogen (secondary N) is 1. The summed E-state index contributed by atoms with van der Waals surface area (Å²) in [5.41, 5.74) is 0.615. The van der Waals surface area contributed by atoms with E-state index < -0.39 is 6.10 Å². The lowest BCUT2D eigenvalue weighted by atomic mass is 10.3. The molecule has 2 aromatic rings. The molecule has 20 heavy (non-hydrogen) atoms. The number of aliphatic hydroxyl groups is 1. The molecule has 1 unspecified atom stereocenters. The van der Waals surface area contributed by atoms with Crippen LogP contribution in [0.2, 0.25) is 0 Å². The Morgan fingerprint density at radius 3 is 2.65 bits per heavy atom. The first kappa shape index (κ1) is 14.8. The second kappa shape index (κ2) is 7.26. The van der Waals surface area contributed by atoms with Crippen molar-refractivity contribution in [3.63, 3.8) is 0 Å². The number of hydrogen-bond acceptors (Lipinski definition) is 3. The summed E-state index contributed by atoms with van der Waals surface area (Å²) in [6, 6.07) is 14.0. The van der Waals surface area contributed by atoms with Gasteiger partial charge in [-0.3, -0.25) is 0 Å². The maximum Gasteiger partial charge on any atom is 0.139 e. The average Bonchev–Trinajstić information content (AvgIpc) is 2.47. The summed E-state index contributed by atoms with van der Waals surface area (Å²) in [4.78, 5) is 0. The van der Waals surface area contributed by atoms with E-state index in [4.69, 9.17) is 4.74 Å². The summed E-state index contributed by atoms with van der Waals surface area (Å²) in [7, 11) is 0. The first-order chi connectivity index (χ1) is 9.65. The Hall–Kier alpha value is -1.59. The Bertz CT molecular complexity index is 551. The molecule has 0 bridgehead atoms. The Labute approximate surface area is 125 Å². The zero-order valence-electron chi connectivity index (χ0n) is 10.7. The standard InChI is InChI=1S/C15H15BrFNO2/c16-14-7-6-11(8-15(14)17)18-9-12(19)10-20-13-4-2-1-3-5-13/h1-8,12,18-19H,9-10H2. The molecule has 2 rings (SSSR count). The molecule has 5 heteroatoms. The number of halogens is 2. The van der Waals surface area contributed by atoms with Crippen LogP contribution in [0.15, 0.2) is 53.0 Å². The zero-order valence-corrected chi connectivity index (χ0v) is 12.3. The molecular formula is C15H15BrFNO2. The van der Waals surface area contributed by atoms with Gasteiger partial charge in [0.15, 0.2) is 0 Å². The van der Waals surface area contributed by atoms with Crippen molar-refractivity contribution in [1.29, 1.82) is 0 Å². The minimum atomic E-state index is -0.679. The molecule has 0 fully saturated rings. The van der Waals surface area contributed by atoms with E-state index in [-0.39, 0.29) is 19.0 Å². The van der Waals surface area contributed by atoms with Crippen molar-refractivity contribution in [3.8, 4) is 5.75 Å². The van der Waals surface area contributed by atoms with E-state index in [9.17, 15) is 9.50 Å². The lowest BCUT2D eigenvalue weighted by Gasteiger charge is -2.14. The van der Waals surface area contributed by atoms with Gasteiger partial charge >= 0.3 is 0 Å². The van der Waals surface area contributed by atoms with E-state index in [1.165, 1.54) is 6.07 Å². The van der Waals surface area contributed by atoms with Gasteiger partial charge in [-0.25, -0.2) is 4.39 Å². The summed E-state index contributed by atoms with van der Waals surface area (Å²) < 4.78 is 19.1. The van der Waals surface area contributed by atoms with Crippen molar-refractivity contribution in [2.45, 2.75) is 6.10 Å². The van der Waals surface area contributed by atoms with Crippen molar-refractivity contribution in [1.82, 2.24) is 0 Å². The molecule has 106 valence electrons. The summed E-state index contributed by atoms with van der Waals surface area (Å²) in [5, 5.41) is 12.8. The van der Waals surface area contributed by atoms with Crippen molar-refractivity contribution in [2.75, 3.05) is 18.5 Å². The van der Waals surface area contributed by atoms with Crippen LogP contribution >= 0.6 is 15.9 Å². The van der Waals surface area contributed by atoms with Crippen LogP contribution in [0.4, 0.5) is 10.1 Å². The van der Waals surface area contributed by atoms with Crippen LogP contribution in [0.25, 0.3) is 0 Å². The molecule has 0 aromatic heterocycles. The zero-order chi connectivity index (χ0) is 14.4. The third kappa shape index (κ3) is 4.51. The molecule has 0 aliphatic carbocycles. The second-order valence-corrected chi connectivity index (χ2v) is 5.14. The predicted molar refractivity (Wildman–Crippen MR) is 80.5 cm³/mol. The molecular weight excluding hydrogens is 325 g/mol. The van der Waals surface area contributed by atoms with Crippen LogP contribution in [0.1, 0.15) is 0 Å². The highest BCUT2D eigenvalue weighted by Gasteiger charge is 2.06. The fraction of sp³-hybridized carbons (Fsp3) is 0.200. The van der Waals surface area contributed by atoms with Gasteiger partial charge in [-0.05, 0) is 46.3 Å². The highest BCUT2D eigenvalue weighted by atomic mass is 79.9. The number of anilines is 1. The van der Waals surface area contributed by atoms with Crippen molar-refractivity contribution in [2.24, 2.45) is 0 Å². The van der Waals surface area contributed by atoms with Gasteiger partial charge in [-0.15, -0.1) is 0 Å².